The van der Waals surface area contributed by atoms with Crippen molar-refractivity contribution in [2.24, 2.45) is 5.92 Å². The van der Waals surface area contributed by atoms with Crippen LogP contribution in [0.25, 0.3) is 0 Å². The first-order chi connectivity index (χ1) is 12.1. The predicted molar refractivity (Wildman–Crippen MR) is 94.0 cm³/mol. The van der Waals surface area contributed by atoms with Crippen molar-refractivity contribution in [3.8, 4) is 0 Å². The Hall–Kier alpha value is -2.15. The van der Waals surface area contributed by atoms with Crippen molar-refractivity contribution in [1.29, 1.82) is 0 Å². The molecular formula is C18H27N5O2. The molecule has 1 unspecified atom stereocenters. The molecule has 7 nitrogen and oxygen atoms in total. The summed E-state index contributed by atoms with van der Waals surface area (Å²) in [5, 5.41) is 14.6. The third kappa shape index (κ3) is 4.92. The monoisotopic (exact) mass is 345 g/mol. The second kappa shape index (κ2) is 8.29. The lowest BCUT2D eigenvalue weighted by atomic mass is 9.96. The molecular weight excluding hydrogens is 318 g/mol. The smallest absolute Gasteiger partial charge is 0.242 e. The van der Waals surface area contributed by atoms with Crippen molar-refractivity contribution >= 4 is 5.91 Å². The molecule has 0 aromatic carbocycles. The fourth-order valence-corrected chi connectivity index (χ4v) is 3.26. The van der Waals surface area contributed by atoms with Crippen LogP contribution in [-0.2, 0) is 24.3 Å². The van der Waals surface area contributed by atoms with E-state index in [2.05, 4.69) is 34.7 Å². The van der Waals surface area contributed by atoms with Crippen LogP contribution >= 0.6 is 0 Å². The zero-order valence-electron chi connectivity index (χ0n) is 15.0. The second-order valence-corrected chi connectivity index (χ2v) is 7.12. The van der Waals surface area contributed by atoms with E-state index in [0.29, 0.717) is 24.1 Å². The quantitative estimate of drug-likeness (QED) is 0.800. The molecule has 2 N–H and O–H groups in total. The van der Waals surface area contributed by atoms with Crippen LogP contribution in [0, 0.1) is 5.92 Å². The van der Waals surface area contributed by atoms with Crippen molar-refractivity contribution < 1.29 is 9.32 Å². The number of rotatable bonds is 7. The van der Waals surface area contributed by atoms with Crippen LogP contribution in [0.1, 0.15) is 49.8 Å². The first kappa shape index (κ1) is 17.7. The molecule has 1 atom stereocenters. The molecule has 1 aliphatic heterocycles. The lowest BCUT2D eigenvalue weighted by Crippen LogP contribution is -2.32. The Morgan fingerprint density at radius 3 is 3.16 bits per heavy atom. The van der Waals surface area contributed by atoms with Crippen LogP contribution in [0.15, 0.2) is 22.9 Å². The molecule has 1 saturated heterocycles. The Morgan fingerprint density at radius 2 is 2.40 bits per heavy atom. The van der Waals surface area contributed by atoms with Crippen molar-refractivity contribution in [1.82, 2.24) is 25.6 Å². The number of nitrogens with one attached hydrogen (secondary N) is 2. The number of hydrogen-bond acceptors (Lipinski definition) is 5. The summed E-state index contributed by atoms with van der Waals surface area (Å²) in [4.78, 5) is 12.3. The van der Waals surface area contributed by atoms with Gasteiger partial charge in [-0.3, -0.25) is 9.48 Å². The van der Waals surface area contributed by atoms with Crippen LogP contribution < -0.4 is 10.6 Å². The Labute approximate surface area is 148 Å². The highest BCUT2D eigenvalue weighted by atomic mass is 16.5. The van der Waals surface area contributed by atoms with Gasteiger partial charge in [-0.15, -0.1) is 0 Å². The van der Waals surface area contributed by atoms with E-state index < -0.39 is 0 Å². The third-order valence-electron chi connectivity index (χ3n) is 4.44. The minimum absolute atomic E-state index is 0.0736. The van der Waals surface area contributed by atoms with Gasteiger partial charge in [0, 0.05) is 30.4 Å². The molecule has 0 spiro atoms. The van der Waals surface area contributed by atoms with Crippen LogP contribution in [0.2, 0.25) is 0 Å². The Morgan fingerprint density at radius 1 is 1.52 bits per heavy atom. The number of nitrogens with zero attached hydrogens (tertiary/aromatic N) is 3. The van der Waals surface area contributed by atoms with E-state index in [4.69, 9.17) is 4.52 Å². The molecule has 2 aromatic rings. The van der Waals surface area contributed by atoms with Gasteiger partial charge in [0.15, 0.2) is 5.76 Å². The average Bonchev–Trinajstić information content (AvgIpc) is 3.22. The molecule has 3 rings (SSSR count). The van der Waals surface area contributed by atoms with E-state index in [0.717, 1.165) is 43.7 Å². The van der Waals surface area contributed by atoms with E-state index in [9.17, 15) is 4.79 Å². The number of carbonyl (C=O) groups is 1. The zero-order chi connectivity index (χ0) is 17.6. The van der Waals surface area contributed by atoms with E-state index in [1.54, 1.807) is 10.9 Å². The maximum absolute atomic E-state index is 12.3. The molecule has 0 aliphatic carbocycles. The molecule has 0 radical (unpaired) electrons. The van der Waals surface area contributed by atoms with Gasteiger partial charge in [0.2, 0.25) is 5.91 Å². The van der Waals surface area contributed by atoms with Crippen LogP contribution in [0.4, 0.5) is 0 Å². The van der Waals surface area contributed by atoms with Gasteiger partial charge in [0.25, 0.3) is 0 Å². The number of aromatic nitrogens is 3. The summed E-state index contributed by atoms with van der Waals surface area (Å²) in [5.41, 5.74) is 2.06. The van der Waals surface area contributed by atoms with Gasteiger partial charge in [0.1, 0.15) is 6.54 Å². The fraction of sp³-hybridized carbons (Fsp3) is 0.611. The van der Waals surface area contributed by atoms with Gasteiger partial charge >= 0.3 is 0 Å². The lowest BCUT2D eigenvalue weighted by molar-refractivity contribution is -0.122. The Balaban J connectivity index is 1.51. The zero-order valence-corrected chi connectivity index (χ0v) is 15.0. The highest BCUT2D eigenvalue weighted by molar-refractivity contribution is 5.75. The Kier molecular flexibility index (Phi) is 5.86. The summed E-state index contributed by atoms with van der Waals surface area (Å²) in [6, 6.07) is 3.92. The number of hydrogen-bond donors (Lipinski definition) is 2. The van der Waals surface area contributed by atoms with Gasteiger partial charge < -0.3 is 15.2 Å². The maximum Gasteiger partial charge on any atom is 0.242 e. The lowest BCUT2D eigenvalue weighted by Gasteiger charge is -2.23. The summed E-state index contributed by atoms with van der Waals surface area (Å²) in [6.45, 7) is 6.88. The summed E-state index contributed by atoms with van der Waals surface area (Å²) in [7, 11) is 0. The maximum atomic E-state index is 12.3. The van der Waals surface area contributed by atoms with Crippen molar-refractivity contribution in [3.63, 3.8) is 0 Å². The SMILES string of the molecule is CC(C)Cc1cc(CNC(=O)Cn2nccc2C2CCCNC2)on1. The largest absolute Gasteiger partial charge is 0.359 e. The van der Waals surface area contributed by atoms with E-state index >= 15 is 0 Å². The van der Waals surface area contributed by atoms with Gasteiger partial charge in [0.05, 0.1) is 12.2 Å². The molecule has 25 heavy (non-hydrogen) atoms. The third-order valence-corrected chi connectivity index (χ3v) is 4.44. The van der Waals surface area contributed by atoms with E-state index in [-0.39, 0.29) is 12.5 Å². The minimum Gasteiger partial charge on any atom is -0.359 e. The molecule has 0 saturated carbocycles. The van der Waals surface area contributed by atoms with Crippen molar-refractivity contribution in [3.05, 3.63) is 35.5 Å². The summed E-state index contributed by atoms with van der Waals surface area (Å²) in [6.07, 6.45) is 4.94. The van der Waals surface area contributed by atoms with E-state index in [1.165, 1.54) is 0 Å². The summed E-state index contributed by atoms with van der Waals surface area (Å²) < 4.78 is 7.08. The standard InChI is InChI=1S/C18H27N5O2/c1-13(2)8-15-9-16(25-22-15)11-20-18(24)12-23-17(5-7-21-23)14-4-3-6-19-10-14/h5,7,9,13-14,19H,3-4,6,8,10-12H2,1-2H3,(H,20,24). The highest BCUT2D eigenvalue weighted by Gasteiger charge is 2.20. The van der Waals surface area contributed by atoms with E-state index in [1.807, 2.05) is 12.1 Å². The normalized spacial score (nSPS) is 17.8. The molecule has 0 bridgehead atoms. The van der Waals surface area contributed by atoms with Crippen molar-refractivity contribution in [2.45, 2.75) is 52.1 Å². The Bertz CT molecular complexity index is 685. The van der Waals surface area contributed by atoms with Gasteiger partial charge in [-0.05, 0) is 37.8 Å². The highest BCUT2D eigenvalue weighted by Crippen LogP contribution is 2.22. The van der Waals surface area contributed by atoms with Gasteiger partial charge in [-0.2, -0.15) is 5.10 Å². The van der Waals surface area contributed by atoms with Crippen LogP contribution in [-0.4, -0.2) is 33.9 Å². The van der Waals surface area contributed by atoms with Crippen molar-refractivity contribution in [2.75, 3.05) is 13.1 Å². The summed E-state index contributed by atoms with van der Waals surface area (Å²) >= 11 is 0. The second-order valence-electron chi connectivity index (χ2n) is 7.12. The van der Waals surface area contributed by atoms with Crippen LogP contribution in [0.5, 0.6) is 0 Å². The molecule has 3 heterocycles. The van der Waals surface area contributed by atoms with Crippen LogP contribution in [0.3, 0.4) is 0 Å². The molecule has 2 aromatic heterocycles. The minimum atomic E-state index is -0.0736. The molecule has 7 heteroatoms. The number of carbonyl (C=O) groups excluding carboxylic acids is 1. The molecule has 1 amide bonds. The molecule has 1 fully saturated rings. The van der Waals surface area contributed by atoms with Gasteiger partial charge in [-0.25, -0.2) is 0 Å². The predicted octanol–water partition coefficient (Wildman–Crippen LogP) is 1.85. The first-order valence-electron chi connectivity index (χ1n) is 9.05. The van der Waals surface area contributed by atoms with Gasteiger partial charge in [-0.1, -0.05) is 19.0 Å². The summed E-state index contributed by atoms with van der Waals surface area (Å²) in [5.74, 6) is 1.56. The molecule has 1 aliphatic rings. The molecule has 136 valence electrons. The average molecular weight is 345 g/mol. The topological polar surface area (TPSA) is 85.0 Å². The number of piperidine rings is 1. The first-order valence-corrected chi connectivity index (χ1v) is 9.05. The number of amides is 1. The fourth-order valence-electron chi connectivity index (χ4n) is 3.26.